The Morgan fingerprint density at radius 2 is 2.17 bits per heavy atom. The zero-order chi connectivity index (χ0) is 13.3. The number of hydrogen-bond donors (Lipinski definition) is 0. The van der Waals surface area contributed by atoms with E-state index in [0.717, 1.165) is 16.9 Å². The predicted octanol–water partition coefficient (Wildman–Crippen LogP) is 6.19. The lowest BCUT2D eigenvalue weighted by Gasteiger charge is -2.12. The van der Waals surface area contributed by atoms with Crippen molar-refractivity contribution < 1.29 is 4.39 Å². The molecule has 0 bridgehead atoms. The average Bonchev–Trinajstić information content (AvgIpc) is 2.81. The molecule has 0 N–H and O–H groups in total. The summed E-state index contributed by atoms with van der Waals surface area (Å²) in [6.45, 7) is 2.06. The molecule has 0 fully saturated rings. The smallest absolute Gasteiger partial charge is 0.129 e. The molecule has 1 aromatic carbocycles. The first-order valence-electron chi connectivity index (χ1n) is 5.39. The molecule has 0 aliphatic heterocycles. The first-order valence-corrected chi connectivity index (χ1v) is 7.88. The number of halogens is 4. The van der Waals surface area contributed by atoms with Crippen LogP contribution in [-0.2, 0) is 6.42 Å². The van der Waals surface area contributed by atoms with Crippen LogP contribution in [0.3, 0.4) is 0 Å². The van der Waals surface area contributed by atoms with Crippen LogP contribution < -0.4 is 0 Å². The van der Waals surface area contributed by atoms with E-state index in [-0.39, 0.29) is 5.82 Å². The van der Waals surface area contributed by atoms with E-state index in [2.05, 4.69) is 22.9 Å². The molecular weight excluding hydrogens is 358 g/mol. The number of alkyl halides is 1. The Kier molecular flexibility index (Phi) is 4.70. The minimum Gasteiger partial charge on any atom is -0.207 e. The molecule has 2 rings (SSSR count). The van der Waals surface area contributed by atoms with Gasteiger partial charge in [-0.05, 0) is 51.5 Å². The van der Waals surface area contributed by atoms with Crippen molar-refractivity contribution in [3.63, 3.8) is 0 Å². The highest BCUT2D eigenvalue weighted by atomic mass is 79.9. The fourth-order valence-corrected chi connectivity index (χ4v) is 3.67. The summed E-state index contributed by atoms with van der Waals surface area (Å²) in [6, 6.07) is 4.96. The topological polar surface area (TPSA) is 0 Å². The third-order valence-electron chi connectivity index (χ3n) is 2.70. The molecule has 0 saturated carbocycles. The normalized spacial score (nSPS) is 12.7. The number of benzene rings is 1. The molecule has 0 nitrogen and oxygen atoms in total. The van der Waals surface area contributed by atoms with Crippen LogP contribution in [-0.4, -0.2) is 0 Å². The average molecular weight is 368 g/mol. The van der Waals surface area contributed by atoms with Gasteiger partial charge < -0.3 is 0 Å². The molecule has 0 amide bonds. The maximum atomic E-state index is 13.9. The minimum atomic E-state index is -0.495. The van der Waals surface area contributed by atoms with E-state index in [1.54, 1.807) is 17.4 Å². The van der Waals surface area contributed by atoms with Crippen molar-refractivity contribution in [2.45, 2.75) is 18.7 Å². The summed E-state index contributed by atoms with van der Waals surface area (Å²) in [5.41, 5.74) is 1.57. The van der Waals surface area contributed by atoms with Crippen LogP contribution >= 0.6 is 50.5 Å². The standard InChI is InChI=1S/C13H10BrCl2FS/c1-2-7-3-4-18-13(7)12(16)8-5-10(15)9(14)6-11(8)17/h3-6,12H,2H2,1H3. The van der Waals surface area contributed by atoms with Gasteiger partial charge in [-0.2, -0.15) is 0 Å². The van der Waals surface area contributed by atoms with E-state index in [1.807, 2.05) is 11.4 Å². The lowest BCUT2D eigenvalue weighted by Crippen LogP contribution is -1.98. The Hall–Kier alpha value is -0.0900. The molecule has 0 saturated heterocycles. The van der Waals surface area contributed by atoms with E-state index in [0.29, 0.717) is 15.1 Å². The van der Waals surface area contributed by atoms with Crippen LogP contribution in [0, 0.1) is 5.82 Å². The fraction of sp³-hybridized carbons (Fsp3) is 0.231. The van der Waals surface area contributed by atoms with E-state index >= 15 is 0 Å². The van der Waals surface area contributed by atoms with Crippen molar-refractivity contribution in [1.29, 1.82) is 0 Å². The summed E-state index contributed by atoms with van der Waals surface area (Å²) in [5, 5.41) is 1.94. The summed E-state index contributed by atoms with van der Waals surface area (Å²) in [5.74, 6) is -0.346. The largest absolute Gasteiger partial charge is 0.207 e. The first-order chi connectivity index (χ1) is 8.54. The van der Waals surface area contributed by atoms with Crippen LogP contribution in [0.5, 0.6) is 0 Å². The second kappa shape index (κ2) is 5.91. The third kappa shape index (κ3) is 2.74. The number of rotatable bonds is 3. The molecule has 18 heavy (non-hydrogen) atoms. The second-order valence-electron chi connectivity index (χ2n) is 3.81. The van der Waals surface area contributed by atoms with Gasteiger partial charge in [0.1, 0.15) is 5.82 Å². The highest BCUT2D eigenvalue weighted by Crippen LogP contribution is 2.38. The first kappa shape index (κ1) is 14.3. The molecule has 96 valence electrons. The van der Waals surface area contributed by atoms with Gasteiger partial charge in [0.15, 0.2) is 0 Å². The number of thiophene rings is 1. The van der Waals surface area contributed by atoms with Gasteiger partial charge in [-0.15, -0.1) is 22.9 Å². The molecule has 1 aromatic heterocycles. The van der Waals surface area contributed by atoms with E-state index in [9.17, 15) is 4.39 Å². The van der Waals surface area contributed by atoms with Gasteiger partial charge in [0.25, 0.3) is 0 Å². The van der Waals surface area contributed by atoms with Crippen LogP contribution in [0.15, 0.2) is 28.1 Å². The molecule has 0 aliphatic rings. The van der Waals surface area contributed by atoms with Crippen molar-refractivity contribution in [3.05, 3.63) is 54.9 Å². The van der Waals surface area contributed by atoms with Gasteiger partial charge >= 0.3 is 0 Å². The van der Waals surface area contributed by atoms with Crippen molar-refractivity contribution in [2.24, 2.45) is 0 Å². The summed E-state index contributed by atoms with van der Waals surface area (Å²) in [4.78, 5) is 0.983. The summed E-state index contributed by atoms with van der Waals surface area (Å²) in [7, 11) is 0. The summed E-state index contributed by atoms with van der Waals surface area (Å²) < 4.78 is 14.5. The molecule has 1 heterocycles. The zero-order valence-corrected chi connectivity index (χ0v) is 13.4. The van der Waals surface area contributed by atoms with Gasteiger partial charge in [0.2, 0.25) is 0 Å². The maximum absolute atomic E-state index is 13.9. The maximum Gasteiger partial charge on any atom is 0.129 e. The molecule has 0 aliphatic carbocycles. The van der Waals surface area contributed by atoms with Gasteiger partial charge in [-0.3, -0.25) is 0 Å². The van der Waals surface area contributed by atoms with Crippen molar-refractivity contribution in [2.75, 3.05) is 0 Å². The van der Waals surface area contributed by atoms with Gasteiger partial charge in [0.05, 0.1) is 10.4 Å². The lowest BCUT2D eigenvalue weighted by atomic mass is 10.1. The van der Waals surface area contributed by atoms with Crippen LogP contribution in [0.25, 0.3) is 0 Å². The fourth-order valence-electron chi connectivity index (χ4n) is 1.74. The summed E-state index contributed by atoms with van der Waals surface area (Å²) >= 11 is 17.1. The molecule has 0 spiro atoms. The van der Waals surface area contributed by atoms with Crippen molar-refractivity contribution >= 4 is 50.5 Å². The Bertz CT molecular complexity index is 568. The predicted molar refractivity (Wildman–Crippen MR) is 80.5 cm³/mol. The molecule has 1 unspecified atom stereocenters. The van der Waals surface area contributed by atoms with Crippen LogP contribution in [0.2, 0.25) is 5.02 Å². The zero-order valence-electron chi connectivity index (χ0n) is 9.51. The number of hydrogen-bond acceptors (Lipinski definition) is 1. The summed E-state index contributed by atoms with van der Waals surface area (Å²) in [6.07, 6.45) is 0.883. The Labute approximate surface area is 128 Å². The van der Waals surface area contributed by atoms with Crippen LogP contribution in [0.4, 0.5) is 4.39 Å². The number of aryl methyl sites for hydroxylation is 1. The Morgan fingerprint density at radius 3 is 2.83 bits per heavy atom. The molecule has 0 radical (unpaired) electrons. The van der Waals surface area contributed by atoms with E-state index < -0.39 is 5.38 Å². The Morgan fingerprint density at radius 1 is 1.44 bits per heavy atom. The Balaban J connectivity index is 2.46. The molecule has 5 heteroatoms. The van der Waals surface area contributed by atoms with E-state index in [4.69, 9.17) is 23.2 Å². The van der Waals surface area contributed by atoms with Crippen LogP contribution in [0.1, 0.15) is 28.3 Å². The van der Waals surface area contributed by atoms with Gasteiger partial charge in [-0.25, -0.2) is 4.39 Å². The molecule has 2 aromatic rings. The quantitative estimate of drug-likeness (QED) is 0.448. The molecular formula is C13H10BrCl2FS. The lowest BCUT2D eigenvalue weighted by molar-refractivity contribution is 0.612. The highest BCUT2D eigenvalue weighted by Gasteiger charge is 2.20. The SMILES string of the molecule is CCc1ccsc1C(Cl)c1cc(Cl)c(Br)cc1F. The van der Waals surface area contributed by atoms with Crippen molar-refractivity contribution in [1.82, 2.24) is 0 Å². The third-order valence-corrected chi connectivity index (χ3v) is 5.51. The van der Waals surface area contributed by atoms with Gasteiger partial charge in [0, 0.05) is 14.9 Å². The second-order valence-corrected chi connectivity index (χ2v) is 6.46. The highest BCUT2D eigenvalue weighted by molar-refractivity contribution is 9.10. The minimum absolute atomic E-state index is 0.346. The van der Waals surface area contributed by atoms with Crippen molar-refractivity contribution in [3.8, 4) is 0 Å². The molecule has 1 atom stereocenters. The van der Waals surface area contributed by atoms with Gasteiger partial charge in [-0.1, -0.05) is 18.5 Å². The monoisotopic (exact) mass is 366 g/mol. The van der Waals surface area contributed by atoms with E-state index in [1.165, 1.54) is 6.07 Å².